The van der Waals surface area contributed by atoms with Crippen molar-refractivity contribution in [2.75, 3.05) is 39.6 Å². The van der Waals surface area contributed by atoms with Gasteiger partial charge in [-0.3, -0.25) is 0 Å². The SMILES string of the molecule is COc1nc(NCCN(C)C)ncc1Br. The van der Waals surface area contributed by atoms with Gasteiger partial charge >= 0.3 is 0 Å². The number of halogens is 1. The molecule has 0 spiro atoms. The average molecular weight is 275 g/mol. The number of aromatic nitrogens is 2. The van der Waals surface area contributed by atoms with Gasteiger partial charge in [0.25, 0.3) is 0 Å². The number of anilines is 1. The summed E-state index contributed by atoms with van der Waals surface area (Å²) >= 11 is 3.30. The van der Waals surface area contributed by atoms with Gasteiger partial charge in [0.15, 0.2) is 0 Å². The van der Waals surface area contributed by atoms with E-state index < -0.39 is 0 Å². The summed E-state index contributed by atoms with van der Waals surface area (Å²) in [4.78, 5) is 10.4. The highest BCUT2D eigenvalue weighted by molar-refractivity contribution is 9.10. The number of hydrogen-bond acceptors (Lipinski definition) is 5. The number of nitrogens with zero attached hydrogens (tertiary/aromatic N) is 3. The van der Waals surface area contributed by atoms with Gasteiger partial charge in [-0.1, -0.05) is 0 Å². The second-order valence-electron chi connectivity index (χ2n) is 3.28. The smallest absolute Gasteiger partial charge is 0.232 e. The maximum Gasteiger partial charge on any atom is 0.232 e. The fourth-order valence-electron chi connectivity index (χ4n) is 0.971. The maximum absolute atomic E-state index is 5.06. The highest BCUT2D eigenvalue weighted by atomic mass is 79.9. The molecule has 5 nitrogen and oxygen atoms in total. The van der Waals surface area contributed by atoms with Crippen LogP contribution in [0, 0.1) is 0 Å². The first-order valence-electron chi connectivity index (χ1n) is 4.58. The minimum absolute atomic E-state index is 0.539. The lowest BCUT2D eigenvalue weighted by atomic mass is 10.5. The summed E-state index contributed by atoms with van der Waals surface area (Å²) in [7, 11) is 5.62. The Morgan fingerprint density at radius 2 is 2.27 bits per heavy atom. The van der Waals surface area contributed by atoms with Crippen LogP contribution in [0.5, 0.6) is 5.88 Å². The normalized spacial score (nSPS) is 10.5. The fraction of sp³-hybridized carbons (Fsp3) is 0.556. The molecule has 0 aromatic carbocycles. The molecule has 0 aliphatic rings. The van der Waals surface area contributed by atoms with Gasteiger partial charge in [-0.05, 0) is 30.0 Å². The van der Waals surface area contributed by atoms with Crippen LogP contribution in [0.25, 0.3) is 0 Å². The molecule has 0 saturated heterocycles. The summed E-state index contributed by atoms with van der Waals surface area (Å²) < 4.78 is 5.82. The zero-order valence-corrected chi connectivity index (χ0v) is 10.7. The molecule has 84 valence electrons. The van der Waals surface area contributed by atoms with E-state index in [1.807, 2.05) is 14.1 Å². The van der Waals surface area contributed by atoms with Crippen molar-refractivity contribution in [1.29, 1.82) is 0 Å². The quantitative estimate of drug-likeness (QED) is 0.875. The number of rotatable bonds is 5. The molecule has 0 radical (unpaired) electrons. The molecule has 0 atom stereocenters. The van der Waals surface area contributed by atoms with Gasteiger partial charge in [-0.25, -0.2) is 4.98 Å². The highest BCUT2D eigenvalue weighted by Crippen LogP contribution is 2.21. The third kappa shape index (κ3) is 4.01. The number of methoxy groups -OCH3 is 1. The summed E-state index contributed by atoms with van der Waals surface area (Å²) in [6.07, 6.45) is 1.67. The lowest BCUT2D eigenvalue weighted by Crippen LogP contribution is -2.21. The Morgan fingerprint density at radius 3 is 2.87 bits per heavy atom. The van der Waals surface area contributed by atoms with Gasteiger partial charge in [0, 0.05) is 13.1 Å². The second-order valence-corrected chi connectivity index (χ2v) is 4.14. The number of ether oxygens (including phenoxy) is 1. The van der Waals surface area contributed by atoms with Gasteiger partial charge in [0.1, 0.15) is 0 Å². The zero-order valence-electron chi connectivity index (χ0n) is 9.12. The molecule has 0 fully saturated rings. The Labute approximate surface area is 98.0 Å². The molecule has 1 heterocycles. The van der Waals surface area contributed by atoms with Crippen molar-refractivity contribution in [2.24, 2.45) is 0 Å². The topological polar surface area (TPSA) is 50.3 Å². The molecule has 0 aliphatic heterocycles. The Kier molecular flexibility index (Phi) is 4.77. The standard InChI is InChI=1S/C9H15BrN4O/c1-14(2)5-4-11-9-12-6-7(10)8(13-9)15-3/h6H,4-5H2,1-3H3,(H,11,12,13). The fourth-order valence-corrected chi connectivity index (χ4v) is 1.32. The molecule has 0 amide bonds. The predicted octanol–water partition coefficient (Wildman–Crippen LogP) is 1.22. The van der Waals surface area contributed by atoms with E-state index in [-0.39, 0.29) is 0 Å². The third-order valence-corrected chi connectivity index (χ3v) is 2.29. The predicted molar refractivity (Wildman–Crippen MR) is 63.3 cm³/mol. The molecule has 1 N–H and O–H groups in total. The maximum atomic E-state index is 5.06. The Bertz CT molecular complexity index is 319. The summed E-state index contributed by atoms with van der Waals surface area (Å²) in [5, 5.41) is 3.11. The van der Waals surface area contributed by atoms with Crippen LogP contribution in [0.15, 0.2) is 10.7 Å². The Balaban J connectivity index is 2.54. The minimum atomic E-state index is 0.539. The van der Waals surface area contributed by atoms with Crippen molar-refractivity contribution in [2.45, 2.75) is 0 Å². The van der Waals surface area contributed by atoms with Gasteiger partial charge < -0.3 is 15.0 Å². The first kappa shape index (κ1) is 12.2. The van der Waals surface area contributed by atoms with Gasteiger partial charge in [-0.2, -0.15) is 4.98 Å². The summed E-state index contributed by atoms with van der Waals surface area (Å²) in [6.45, 7) is 1.74. The van der Waals surface area contributed by atoms with E-state index >= 15 is 0 Å². The second kappa shape index (κ2) is 5.87. The molecule has 0 aliphatic carbocycles. The molecule has 1 rings (SSSR count). The monoisotopic (exact) mass is 274 g/mol. The molecular formula is C9H15BrN4O. The molecular weight excluding hydrogens is 260 g/mol. The first-order valence-corrected chi connectivity index (χ1v) is 5.38. The summed E-state index contributed by atoms with van der Waals surface area (Å²) in [6, 6.07) is 0. The Hall–Kier alpha value is -0.880. The summed E-state index contributed by atoms with van der Waals surface area (Å²) in [5.41, 5.74) is 0. The average Bonchev–Trinajstić information content (AvgIpc) is 2.20. The van der Waals surface area contributed by atoms with Crippen molar-refractivity contribution in [1.82, 2.24) is 14.9 Å². The Morgan fingerprint density at radius 1 is 1.53 bits per heavy atom. The molecule has 1 aromatic heterocycles. The molecule has 0 saturated carbocycles. The zero-order chi connectivity index (χ0) is 11.3. The van der Waals surface area contributed by atoms with E-state index in [1.54, 1.807) is 13.3 Å². The lowest BCUT2D eigenvalue weighted by Gasteiger charge is -2.10. The van der Waals surface area contributed by atoms with Gasteiger partial charge in [0.2, 0.25) is 11.8 Å². The van der Waals surface area contributed by atoms with Crippen molar-refractivity contribution in [3.05, 3.63) is 10.7 Å². The van der Waals surface area contributed by atoms with Crippen LogP contribution in [0.1, 0.15) is 0 Å². The molecule has 0 bridgehead atoms. The largest absolute Gasteiger partial charge is 0.480 e. The number of nitrogens with one attached hydrogen (secondary N) is 1. The first-order chi connectivity index (χ1) is 7.13. The number of likely N-dealkylation sites (N-methyl/N-ethyl adjacent to an activating group) is 1. The van der Waals surface area contributed by atoms with Crippen molar-refractivity contribution >= 4 is 21.9 Å². The van der Waals surface area contributed by atoms with E-state index in [4.69, 9.17) is 4.74 Å². The van der Waals surface area contributed by atoms with Crippen LogP contribution in [0.2, 0.25) is 0 Å². The van der Waals surface area contributed by atoms with Crippen molar-refractivity contribution in [3.8, 4) is 5.88 Å². The van der Waals surface area contributed by atoms with Crippen LogP contribution in [0.4, 0.5) is 5.95 Å². The summed E-state index contributed by atoms with van der Waals surface area (Å²) in [5.74, 6) is 1.12. The highest BCUT2D eigenvalue weighted by Gasteiger charge is 2.04. The van der Waals surface area contributed by atoms with Crippen LogP contribution < -0.4 is 10.1 Å². The van der Waals surface area contributed by atoms with E-state index in [9.17, 15) is 0 Å². The lowest BCUT2D eigenvalue weighted by molar-refractivity contribution is 0.394. The third-order valence-electron chi connectivity index (χ3n) is 1.75. The minimum Gasteiger partial charge on any atom is -0.480 e. The molecule has 15 heavy (non-hydrogen) atoms. The van der Waals surface area contributed by atoms with Crippen molar-refractivity contribution < 1.29 is 4.74 Å². The van der Waals surface area contributed by atoms with E-state index in [0.29, 0.717) is 11.8 Å². The van der Waals surface area contributed by atoms with E-state index in [2.05, 4.69) is 36.1 Å². The van der Waals surface area contributed by atoms with Crippen LogP contribution in [-0.4, -0.2) is 49.2 Å². The van der Waals surface area contributed by atoms with Crippen LogP contribution in [-0.2, 0) is 0 Å². The molecule has 1 aromatic rings. The van der Waals surface area contributed by atoms with Gasteiger partial charge in [0.05, 0.1) is 17.8 Å². The number of hydrogen-bond donors (Lipinski definition) is 1. The van der Waals surface area contributed by atoms with E-state index in [0.717, 1.165) is 17.6 Å². The van der Waals surface area contributed by atoms with Gasteiger partial charge in [-0.15, -0.1) is 0 Å². The van der Waals surface area contributed by atoms with E-state index in [1.165, 1.54) is 0 Å². The molecule has 0 unspecified atom stereocenters. The molecule has 6 heteroatoms. The van der Waals surface area contributed by atoms with Crippen molar-refractivity contribution in [3.63, 3.8) is 0 Å². The van der Waals surface area contributed by atoms with Crippen LogP contribution >= 0.6 is 15.9 Å². The van der Waals surface area contributed by atoms with Crippen LogP contribution in [0.3, 0.4) is 0 Å².